The van der Waals surface area contributed by atoms with Crippen molar-refractivity contribution in [2.24, 2.45) is 10.6 Å². The van der Waals surface area contributed by atoms with Crippen molar-refractivity contribution in [1.82, 2.24) is 15.5 Å². The van der Waals surface area contributed by atoms with E-state index in [0.717, 1.165) is 19.3 Å². The Morgan fingerprint density at radius 1 is 1.52 bits per heavy atom. The van der Waals surface area contributed by atoms with Crippen LogP contribution in [-0.4, -0.2) is 44.8 Å². The van der Waals surface area contributed by atoms with E-state index in [1.165, 1.54) is 6.92 Å². The molecule has 9 heteroatoms. The average Bonchev–Trinajstić information content (AvgIpc) is 3.06. The molecule has 1 amide bonds. The number of amides is 1. The fraction of sp³-hybridized carbons (Fsp3) is 0.667. The Labute approximate surface area is 123 Å². The Balaban J connectivity index is 2.05. The summed E-state index contributed by atoms with van der Waals surface area (Å²) in [5, 5.41) is 14.1. The molecule has 0 atom stereocenters. The Hall–Kier alpha value is -1.45. The third kappa shape index (κ3) is 3.60. The highest BCUT2D eigenvalue weighted by Crippen LogP contribution is 2.48. The smallest absolute Gasteiger partial charge is 0.273 e. The molecule has 1 fully saturated rings. The fourth-order valence-electron chi connectivity index (χ4n) is 2.28. The summed E-state index contributed by atoms with van der Waals surface area (Å²) < 4.78 is 28.1. The highest BCUT2D eigenvalue weighted by atomic mass is 32.2. The molecule has 0 unspecified atom stereocenters. The number of carbonyl (C=O) groups is 1. The van der Waals surface area contributed by atoms with E-state index in [0.29, 0.717) is 13.2 Å². The van der Waals surface area contributed by atoms with Crippen LogP contribution in [0.2, 0.25) is 0 Å². The van der Waals surface area contributed by atoms with Crippen molar-refractivity contribution in [3.63, 3.8) is 0 Å². The van der Waals surface area contributed by atoms with E-state index in [9.17, 15) is 13.2 Å². The lowest BCUT2D eigenvalue weighted by Gasteiger charge is -2.15. The van der Waals surface area contributed by atoms with Crippen molar-refractivity contribution in [1.29, 1.82) is 0 Å². The van der Waals surface area contributed by atoms with Crippen molar-refractivity contribution in [2.45, 2.75) is 31.1 Å². The van der Waals surface area contributed by atoms with Gasteiger partial charge in [0.2, 0.25) is 10.0 Å². The molecule has 1 heterocycles. The number of aromatic nitrogens is 2. The summed E-state index contributed by atoms with van der Waals surface area (Å²) in [5.41, 5.74) is 0.138. The number of primary sulfonamides is 1. The number of aryl methyl sites for hydroxylation is 1. The lowest BCUT2D eigenvalue weighted by molar-refractivity contribution is 0.0929. The van der Waals surface area contributed by atoms with Crippen LogP contribution in [0.25, 0.3) is 0 Å². The van der Waals surface area contributed by atoms with Gasteiger partial charge in [0, 0.05) is 20.3 Å². The Bertz CT molecular complexity index is 634. The standard InChI is InChI=1S/C12H20N4O4S/c1-8-10(21(13,18)19)9(16-15-8)11(17)14-7-12(3-4-12)5-6-20-2/h3-7H2,1-2H3,(H,14,17)(H,15,16)(H2,13,18,19). The molecular formula is C12H20N4O4S. The third-order valence-electron chi connectivity index (χ3n) is 3.81. The minimum atomic E-state index is -3.99. The van der Waals surface area contributed by atoms with E-state index in [-0.39, 0.29) is 21.7 Å². The maximum atomic E-state index is 12.1. The highest BCUT2D eigenvalue weighted by molar-refractivity contribution is 7.89. The van der Waals surface area contributed by atoms with Gasteiger partial charge in [-0.05, 0) is 31.6 Å². The first-order valence-corrected chi connectivity index (χ1v) is 8.19. The maximum Gasteiger partial charge on any atom is 0.273 e. The molecule has 1 saturated carbocycles. The molecule has 8 nitrogen and oxygen atoms in total. The summed E-state index contributed by atoms with van der Waals surface area (Å²) in [6, 6.07) is 0. The van der Waals surface area contributed by atoms with Crippen molar-refractivity contribution >= 4 is 15.9 Å². The predicted octanol–water partition coefficient (Wildman–Crippen LogP) is -0.0880. The SMILES string of the molecule is COCCC1(CNC(=O)c2n[nH]c(C)c2S(N)(=O)=O)CC1. The van der Waals surface area contributed by atoms with Gasteiger partial charge in [-0.25, -0.2) is 13.6 Å². The van der Waals surface area contributed by atoms with E-state index < -0.39 is 15.9 Å². The number of nitrogens with zero attached hydrogens (tertiary/aromatic N) is 1. The highest BCUT2D eigenvalue weighted by Gasteiger charge is 2.42. The number of H-pyrrole nitrogens is 1. The largest absolute Gasteiger partial charge is 0.385 e. The third-order valence-corrected chi connectivity index (χ3v) is 4.88. The molecule has 2 rings (SSSR count). The molecule has 0 saturated heterocycles. The van der Waals surface area contributed by atoms with Gasteiger partial charge in [-0.1, -0.05) is 0 Å². The van der Waals surface area contributed by atoms with Crippen LogP contribution in [0.5, 0.6) is 0 Å². The number of methoxy groups -OCH3 is 1. The molecule has 21 heavy (non-hydrogen) atoms. The number of rotatable bonds is 7. The van der Waals surface area contributed by atoms with Crippen LogP contribution in [0.1, 0.15) is 35.4 Å². The van der Waals surface area contributed by atoms with E-state index in [1.807, 2.05) is 0 Å². The van der Waals surface area contributed by atoms with Crippen molar-refractivity contribution < 1.29 is 17.9 Å². The molecule has 0 radical (unpaired) electrons. The van der Waals surface area contributed by atoms with Gasteiger partial charge in [-0.15, -0.1) is 0 Å². The van der Waals surface area contributed by atoms with Crippen LogP contribution in [0.3, 0.4) is 0 Å². The van der Waals surface area contributed by atoms with Gasteiger partial charge in [0.15, 0.2) is 5.69 Å². The number of aromatic amines is 1. The number of ether oxygens (including phenoxy) is 1. The first-order chi connectivity index (χ1) is 9.79. The predicted molar refractivity (Wildman–Crippen MR) is 75.2 cm³/mol. The monoisotopic (exact) mass is 316 g/mol. The van der Waals surface area contributed by atoms with E-state index in [2.05, 4.69) is 15.5 Å². The van der Waals surface area contributed by atoms with Gasteiger partial charge < -0.3 is 10.1 Å². The number of hydrogen-bond donors (Lipinski definition) is 3. The molecule has 0 aromatic carbocycles. The number of nitrogens with two attached hydrogens (primary N) is 1. The number of carbonyl (C=O) groups excluding carboxylic acids is 1. The van der Waals surface area contributed by atoms with E-state index in [1.54, 1.807) is 7.11 Å². The van der Waals surface area contributed by atoms with Crippen LogP contribution in [-0.2, 0) is 14.8 Å². The first-order valence-electron chi connectivity index (χ1n) is 6.64. The van der Waals surface area contributed by atoms with Gasteiger partial charge in [-0.3, -0.25) is 9.89 Å². The topological polar surface area (TPSA) is 127 Å². The lowest BCUT2D eigenvalue weighted by atomic mass is 10.0. The Morgan fingerprint density at radius 2 is 2.19 bits per heavy atom. The van der Waals surface area contributed by atoms with E-state index in [4.69, 9.17) is 9.88 Å². The quantitative estimate of drug-likeness (QED) is 0.648. The van der Waals surface area contributed by atoms with Crippen LogP contribution >= 0.6 is 0 Å². The zero-order valence-electron chi connectivity index (χ0n) is 12.1. The van der Waals surface area contributed by atoms with Gasteiger partial charge in [-0.2, -0.15) is 5.10 Å². The number of hydrogen-bond acceptors (Lipinski definition) is 5. The second kappa shape index (κ2) is 5.74. The second-order valence-electron chi connectivity index (χ2n) is 5.50. The average molecular weight is 316 g/mol. The zero-order valence-corrected chi connectivity index (χ0v) is 12.9. The van der Waals surface area contributed by atoms with E-state index >= 15 is 0 Å². The Morgan fingerprint density at radius 3 is 2.71 bits per heavy atom. The van der Waals surface area contributed by atoms with Crippen molar-refractivity contribution in [3.05, 3.63) is 11.4 Å². The van der Waals surface area contributed by atoms with Gasteiger partial charge in [0.25, 0.3) is 5.91 Å². The van der Waals surface area contributed by atoms with Crippen molar-refractivity contribution in [2.75, 3.05) is 20.3 Å². The lowest BCUT2D eigenvalue weighted by Crippen LogP contribution is -2.32. The summed E-state index contributed by atoms with van der Waals surface area (Å²) in [6.45, 7) is 2.62. The molecular weight excluding hydrogens is 296 g/mol. The number of nitrogens with one attached hydrogen (secondary N) is 2. The summed E-state index contributed by atoms with van der Waals surface area (Å²) in [6.07, 6.45) is 2.92. The summed E-state index contributed by atoms with van der Waals surface area (Å²) in [7, 11) is -2.35. The maximum absolute atomic E-state index is 12.1. The summed E-state index contributed by atoms with van der Waals surface area (Å²) >= 11 is 0. The molecule has 0 bridgehead atoms. The molecule has 1 aliphatic rings. The van der Waals surface area contributed by atoms with Crippen LogP contribution in [0.15, 0.2) is 4.90 Å². The minimum Gasteiger partial charge on any atom is -0.385 e. The molecule has 1 aromatic rings. The molecule has 4 N–H and O–H groups in total. The van der Waals surface area contributed by atoms with Crippen LogP contribution < -0.4 is 10.5 Å². The Kier molecular flexibility index (Phi) is 4.35. The summed E-state index contributed by atoms with van der Waals surface area (Å²) in [5.74, 6) is -0.535. The molecule has 0 spiro atoms. The summed E-state index contributed by atoms with van der Waals surface area (Å²) in [4.78, 5) is 11.9. The molecule has 118 valence electrons. The molecule has 0 aliphatic heterocycles. The van der Waals surface area contributed by atoms with Gasteiger partial charge >= 0.3 is 0 Å². The number of sulfonamides is 1. The second-order valence-corrected chi connectivity index (χ2v) is 7.00. The zero-order chi connectivity index (χ0) is 15.7. The van der Waals surface area contributed by atoms with Crippen LogP contribution in [0, 0.1) is 12.3 Å². The normalized spacial score (nSPS) is 16.7. The minimum absolute atomic E-state index is 0.0682. The van der Waals surface area contributed by atoms with Crippen LogP contribution in [0.4, 0.5) is 0 Å². The van der Waals surface area contributed by atoms with Gasteiger partial charge in [0.05, 0.1) is 5.69 Å². The van der Waals surface area contributed by atoms with Crippen molar-refractivity contribution in [3.8, 4) is 0 Å². The first kappa shape index (κ1) is 15.9. The van der Waals surface area contributed by atoms with Gasteiger partial charge in [0.1, 0.15) is 4.90 Å². The fourth-order valence-corrected chi connectivity index (χ4v) is 3.16. The molecule has 1 aliphatic carbocycles. The molecule has 1 aromatic heterocycles.